The summed E-state index contributed by atoms with van der Waals surface area (Å²) in [6.07, 6.45) is 8.41. The van der Waals surface area contributed by atoms with Gasteiger partial charge in [-0.05, 0) is 86.3 Å². The van der Waals surface area contributed by atoms with Crippen LogP contribution in [-0.4, -0.2) is 42.9 Å². The van der Waals surface area contributed by atoms with Gasteiger partial charge in [0.2, 0.25) is 15.9 Å². The maximum atomic E-state index is 13.4. The van der Waals surface area contributed by atoms with Crippen molar-refractivity contribution in [1.29, 1.82) is 0 Å². The smallest absolute Gasteiger partial charge is 0.243 e. The molecule has 6 atom stereocenters. The van der Waals surface area contributed by atoms with Crippen molar-refractivity contribution in [3.63, 3.8) is 0 Å². The van der Waals surface area contributed by atoms with Gasteiger partial charge >= 0.3 is 0 Å². The summed E-state index contributed by atoms with van der Waals surface area (Å²) in [6, 6.07) is 3.75. The summed E-state index contributed by atoms with van der Waals surface area (Å²) in [6.45, 7) is 0.796. The lowest BCUT2D eigenvalue weighted by molar-refractivity contribution is -0.237. The van der Waals surface area contributed by atoms with Crippen molar-refractivity contribution < 1.29 is 18.3 Å². The fraction of sp³-hybridized carbons (Fsp3) is 0.696. The van der Waals surface area contributed by atoms with Gasteiger partial charge in [0, 0.05) is 19.1 Å². The van der Waals surface area contributed by atoms with Crippen molar-refractivity contribution in [3.8, 4) is 5.75 Å². The minimum atomic E-state index is -3.75. The number of amides is 1. The standard InChI is InChI=1S/C23H29ClN2O4S/c24-19-9-18(4-5-20(19)27)31(29,30)26-6-2-1-3-17(26)13-25-21(28)22-10-14-7-15-8-16(12-22)23(15,22)11-14/h4-5,9,14-17,27H,1-3,6-8,10-13H2,(H,25,28). The van der Waals surface area contributed by atoms with E-state index in [-0.39, 0.29) is 38.4 Å². The van der Waals surface area contributed by atoms with Gasteiger partial charge in [0.05, 0.1) is 15.3 Å². The highest BCUT2D eigenvalue weighted by molar-refractivity contribution is 7.89. The maximum Gasteiger partial charge on any atom is 0.243 e. The normalized spacial score (nSPS) is 40.7. The second kappa shape index (κ2) is 6.61. The molecule has 5 aliphatic rings. The average molecular weight is 465 g/mol. The number of sulfonamides is 1. The molecule has 0 aromatic heterocycles. The van der Waals surface area contributed by atoms with Crippen molar-refractivity contribution >= 4 is 27.5 Å². The monoisotopic (exact) mass is 464 g/mol. The van der Waals surface area contributed by atoms with Crippen LogP contribution in [0.4, 0.5) is 0 Å². The molecule has 1 heterocycles. The van der Waals surface area contributed by atoms with Crippen LogP contribution in [0.5, 0.6) is 5.75 Å². The number of hydrogen-bond acceptors (Lipinski definition) is 4. The zero-order chi connectivity index (χ0) is 21.6. The largest absolute Gasteiger partial charge is 0.506 e. The highest BCUT2D eigenvalue weighted by Crippen LogP contribution is 2.86. The van der Waals surface area contributed by atoms with Gasteiger partial charge in [-0.15, -0.1) is 0 Å². The summed E-state index contributed by atoms with van der Waals surface area (Å²) in [5, 5.41) is 12.9. The van der Waals surface area contributed by atoms with Crippen LogP contribution in [0, 0.1) is 28.6 Å². The second-order valence-electron chi connectivity index (χ2n) is 10.6. The van der Waals surface area contributed by atoms with Gasteiger partial charge in [0.15, 0.2) is 0 Å². The van der Waals surface area contributed by atoms with Crippen LogP contribution in [-0.2, 0) is 14.8 Å². The van der Waals surface area contributed by atoms with Crippen molar-refractivity contribution in [2.75, 3.05) is 13.1 Å². The summed E-state index contributed by atoms with van der Waals surface area (Å²) in [4.78, 5) is 13.5. The number of aromatic hydroxyl groups is 1. The zero-order valence-corrected chi connectivity index (χ0v) is 19.1. The van der Waals surface area contributed by atoms with Crippen LogP contribution in [0.15, 0.2) is 23.1 Å². The number of nitrogens with zero attached hydrogens (tertiary/aromatic N) is 1. The van der Waals surface area contributed by atoms with Crippen molar-refractivity contribution in [1.82, 2.24) is 9.62 Å². The van der Waals surface area contributed by atoms with Crippen LogP contribution >= 0.6 is 11.6 Å². The lowest BCUT2D eigenvalue weighted by atomic mass is 9.32. The van der Waals surface area contributed by atoms with E-state index >= 15 is 0 Å². The molecule has 1 spiro atoms. The first-order valence-corrected chi connectivity index (χ1v) is 13.4. The molecule has 6 nitrogen and oxygen atoms in total. The third-order valence-electron chi connectivity index (χ3n) is 9.43. The fourth-order valence-electron chi connectivity index (χ4n) is 8.24. The molecule has 6 rings (SSSR count). The fourth-order valence-corrected chi connectivity index (χ4v) is 10.2. The van der Waals surface area contributed by atoms with E-state index in [9.17, 15) is 18.3 Å². The first kappa shape index (κ1) is 20.3. The van der Waals surface area contributed by atoms with Crippen molar-refractivity contribution in [2.24, 2.45) is 28.6 Å². The molecular formula is C23H29ClN2O4S. The molecule has 2 N–H and O–H groups in total. The lowest BCUT2D eigenvalue weighted by Crippen LogP contribution is -2.71. The molecule has 31 heavy (non-hydrogen) atoms. The van der Waals surface area contributed by atoms with Crippen LogP contribution in [0.2, 0.25) is 5.02 Å². The number of nitrogens with one attached hydrogen (secondary N) is 1. The summed E-state index contributed by atoms with van der Waals surface area (Å²) < 4.78 is 28.1. The Labute approximate surface area is 188 Å². The maximum absolute atomic E-state index is 13.4. The topological polar surface area (TPSA) is 86.7 Å². The third kappa shape index (κ3) is 2.54. The Balaban J connectivity index is 1.19. The number of halogens is 1. The number of fused-ring (bicyclic) bond motifs is 1. The number of carbonyl (C=O) groups is 1. The van der Waals surface area contributed by atoms with Gasteiger partial charge in [-0.2, -0.15) is 4.31 Å². The van der Waals surface area contributed by atoms with Gasteiger partial charge in [-0.3, -0.25) is 4.79 Å². The highest BCUT2D eigenvalue weighted by atomic mass is 35.5. The average Bonchev–Trinajstić information content (AvgIpc) is 3.23. The molecule has 4 aliphatic carbocycles. The summed E-state index contributed by atoms with van der Waals surface area (Å²) in [5.41, 5.74) is 0.106. The van der Waals surface area contributed by atoms with Crippen LogP contribution < -0.4 is 5.32 Å². The Kier molecular flexibility index (Phi) is 4.33. The van der Waals surface area contributed by atoms with Gasteiger partial charge in [0.25, 0.3) is 0 Å². The van der Waals surface area contributed by atoms with Crippen LogP contribution in [0.1, 0.15) is 51.4 Å². The Bertz CT molecular complexity index is 1060. The number of piperidine rings is 1. The van der Waals surface area contributed by atoms with E-state index in [2.05, 4.69) is 5.32 Å². The number of benzene rings is 1. The van der Waals surface area contributed by atoms with Gasteiger partial charge < -0.3 is 10.4 Å². The van der Waals surface area contributed by atoms with Gasteiger partial charge in [-0.25, -0.2) is 8.42 Å². The molecule has 5 fully saturated rings. The van der Waals surface area contributed by atoms with E-state index in [0.29, 0.717) is 19.0 Å². The summed E-state index contributed by atoms with van der Waals surface area (Å²) >= 11 is 5.96. The predicted molar refractivity (Wildman–Crippen MR) is 116 cm³/mol. The Morgan fingerprint density at radius 1 is 1.19 bits per heavy atom. The number of carbonyl (C=O) groups excluding carboxylic acids is 1. The first-order chi connectivity index (χ1) is 14.8. The third-order valence-corrected chi connectivity index (χ3v) is 11.7. The number of phenolic OH excluding ortho intramolecular Hbond substituents is 1. The van der Waals surface area contributed by atoms with E-state index in [0.717, 1.165) is 43.9 Å². The number of rotatable bonds is 5. The number of hydrogen-bond donors (Lipinski definition) is 2. The predicted octanol–water partition coefficient (Wildman–Crippen LogP) is 3.53. The van der Waals surface area contributed by atoms with E-state index < -0.39 is 10.0 Å². The van der Waals surface area contributed by atoms with E-state index in [4.69, 9.17) is 11.6 Å². The SMILES string of the molecule is O=C(NCC1CCCCN1S(=O)(=O)c1ccc(O)c(Cl)c1)C12CC3CC4CC(C1)C42C3. The molecule has 4 saturated carbocycles. The van der Waals surface area contributed by atoms with Crippen molar-refractivity contribution in [3.05, 3.63) is 23.2 Å². The van der Waals surface area contributed by atoms with Crippen LogP contribution in [0.25, 0.3) is 0 Å². The molecule has 0 radical (unpaired) electrons. The Morgan fingerprint density at radius 3 is 2.77 bits per heavy atom. The zero-order valence-electron chi connectivity index (χ0n) is 17.5. The summed E-state index contributed by atoms with van der Waals surface area (Å²) in [7, 11) is -3.75. The molecule has 2 bridgehead atoms. The van der Waals surface area contributed by atoms with Crippen LogP contribution in [0.3, 0.4) is 0 Å². The van der Waals surface area contributed by atoms with E-state index in [1.165, 1.54) is 41.8 Å². The lowest BCUT2D eigenvalue weighted by Gasteiger charge is -2.71. The molecule has 6 unspecified atom stereocenters. The van der Waals surface area contributed by atoms with Gasteiger partial charge in [0.1, 0.15) is 5.75 Å². The molecule has 1 aromatic rings. The molecule has 1 aliphatic heterocycles. The second-order valence-corrected chi connectivity index (χ2v) is 12.9. The van der Waals surface area contributed by atoms with E-state index in [1.54, 1.807) is 0 Å². The molecular weight excluding hydrogens is 436 g/mol. The summed E-state index contributed by atoms with van der Waals surface area (Å²) in [5.74, 6) is 2.25. The minimum Gasteiger partial charge on any atom is -0.506 e. The molecule has 1 aromatic carbocycles. The van der Waals surface area contributed by atoms with Crippen molar-refractivity contribution in [2.45, 2.75) is 62.3 Å². The quantitative estimate of drug-likeness (QED) is 0.697. The Hall–Kier alpha value is -1.31. The first-order valence-electron chi connectivity index (χ1n) is 11.6. The Morgan fingerprint density at radius 2 is 2.03 bits per heavy atom. The minimum absolute atomic E-state index is 0.0205. The van der Waals surface area contributed by atoms with E-state index in [1.807, 2.05) is 0 Å². The highest BCUT2D eigenvalue weighted by Gasteiger charge is 2.82. The molecule has 1 amide bonds. The molecule has 1 saturated heterocycles. The van der Waals surface area contributed by atoms with Gasteiger partial charge in [-0.1, -0.05) is 18.0 Å². The number of phenols is 1. The molecule has 168 valence electrons. The molecule has 8 heteroatoms.